The Bertz CT molecular complexity index is 1300. The number of amides is 2. The first-order chi connectivity index (χ1) is 18.9. The molecular formula is C28H34N6O5. The molecule has 3 N–H and O–H groups in total. The van der Waals surface area contributed by atoms with Crippen LogP contribution in [0.2, 0.25) is 0 Å². The van der Waals surface area contributed by atoms with Crippen LogP contribution in [0.25, 0.3) is 17.1 Å². The monoisotopic (exact) mass is 534 g/mol. The number of hydrogen-bond donors (Lipinski definition) is 2. The lowest BCUT2D eigenvalue weighted by Crippen LogP contribution is -2.61. The third-order valence-electron chi connectivity index (χ3n) is 6.91. The van der Waals surface area contributed by atoms with Crippen LogP contribution in [0.15, 0.2) is 54.9 Å². The van der Waals surface area contributed by atoms with Gasteiger partial charge in [-0.2, -0.15) is 5.10 Å². The number of primary amides is 1. The Kier molecular flexibility index (Phi) is 7.92. The van der Waals surface area contributed by atoms with E-state index in [9.17, 15) is 9.59 Å². The number of anilines is 1. The summed E-state index contributed by atoms with van der Waals surface area (Å²) in [5.41, 5.74) is 8.81. The number of hydrogen-bond acceptors (Lipinski definition) is 8. The van der Waals surface area contributed by atoms with Crippen LogP contribution in [0.1, 0.15) is 30.6 Å². The molecule has 2 aliphatic rings. The van der Waals surface area contributed by atoms with Crippen LogP contribution < -0.4 is 16.0 Å². The Balaban J connectivity index is 1.37. The highest BCUT2D eigenvalue weighted by Gasteiger charge is 2.51. The number of rotatable bonds is 9. The highest BCUT2D eigenvalue weighted by atomic mass is 16.7. The molecule has 1 unspecified atom stereocenters. The average molecular weight is 535 g/mol. The molecule has 1 atom stereocenters. The number of nitrogens with one attached hydrogen (secondary N) is 1. The molecule has 3 aromatic rings. The molecule has 39 heavy (non-hydrogen) atoms. The second-order valence-electron chi connectivity index (χ2n) is 10.1. The van der Waals surface area contributed by atoms with Gasteiger partial charge in [-0.15, -0.1) is 0 Å². The number of nitrogens with zero attached hydrogens (tertiary/aromatic N) is 4. The Labute approximate surface area is 227 Å². The first-order valence-corrected chi connectivity index (χ1v) is 13.2. The van der Waals surface area contributed by atoms with Crippen LogP contribution in [0.4, 0.5) is 5.69 Å². The summed E-state index contributed by atoms with van der Waals surface area (Å²) in [4.78, 5) is 32.7. The van der Waals surface area contributed by atoms with E-state index in [1.165, 1.54) is 0 Å². The summed E-state index contributed by atoms with van der Waals surface area (Å²) in [6, 6.07) is 12.7. The molecule has 1 aromatic carbocycles. The van der Waals surface area contributed by atoms with Gasteiger partial charge in [-0.05, 0) is 42.7 Å². The molecule has 0 spiro atoms. The molecule has 2 aromatic heterocycles. The van der Waals surface area contributed by atoms with Gasteiger partial charge in [0.2, 0.25) is 0 Å². The number of pyridine rings is 1. The molecular weight excluding hydrogens is 500 g/mol. The molecule has 0 bridgehead atoms. The topological polar surface area (TPSA) is 134 Å². The maximum atomic E-state index is 13.5. The first kappa shape index (κ1) is 26.8. The normalized spacial score (nSPS) is 17.8. The minimum absolute atomic E-state index is 0.135. The molecule has 11 nitrogen and oxygen atoms in total. The Morgan fingerprint density at radius 3 is 2.44 bits per heavy atom. The maximum absolute atomic E-state index is 13.5. The first-order valence-electron chi connectivity index (χ1n) is 13.2. The Morgan fingerprint density at radius 1 is 1.05 bits per heavy atom. The molecule has 11 heteroatoms. The highest BCUT2D eigenvalue weighted by molar-refractivity contribution is 5.98. The van der Waals surface area contributed by atoms with Crippen molar-refractivity contribution in [2.45, 2.75) is 32.1 Å². The van der Waals surface area contributed by atoms with Crippen molar-refractivity contribution in [3.8, 4) is 17.1 Å². The predicted octanol–water partition coefficient (Wildman–Crippen LogP) is 2.14. The van der Waals surface area contributed by atoms with Gasteiger partial charge < -0.3 is 30.2 Å². The van der Waals surface area contributed by atoms with Crippen molar-refractivity contribution in [2.75, 3.05) is 44.4 Å². The van der Waals surface area contributed by atoms with Crippen molar-refractivity contribution < 1.29 is 23.8 Å². The molecule has 4 heterocycles. The SMILES string of the molecule is CC(C)CC(NC(=O)c1cccnc1-n1ccc(-c2ccc(N3CCOCC3)cc2)n1)C1(C(N)=O)OCCO1. The second kappa shape index (κ2) is 11.5. The quantitative estimate of drug-likeness (QED) is 0.427. The lowest BCUT2D eigenvalue weighted by Gasteiger charge is -2.34. The molecule has 2 saturated heterocycles. The summed E-state index contributed by atoms with van der Waals surface area (Å²) in [7, 11) is 0. The molecule has 0 saturated carbocycles. The van der Waals surface area contributed by atoms with Crippen molar-refractivity contribution in [1.82, 2.24) is 20.1 Å². The van der Waals surface area contributed by atoms with Gasteiger partial charge in [-0.1, -0.05) is 26.0 Å². The van der Waals surface area contributed by atoms with Crippen LogP contribution in [-0.4, -0.2) is 77.9 Å². The molecule has 206 valence electrons. The molecule has 0 radical (unpaired) electrons. The van der Waals surface area contributed by atoms with Crippen molar-refractivity contribution in [1.29, 1.82) is 0 Å². The average Bonchev–Trinajstić information content (AvgIpc) is 3.65. The standard InChI is InChI=1S/C28H34N6O5/c1-19(2)18-24(28(27(29)36)38-16-17-39-28)31-26(35)22-4-3-10-30-25(22)34-11-9-23(32-34)20-5-7-21(8-6-20)33-12-14-37-15-13-33/h3-11,19,24H,12-18H2,1-2H3,(H2,29,36)(H,31,35). The van der Waals surface area contributed by atoms with E-state index in [0.29, 0.717) is 17.8 Å². The molecule has 2 fully saturated rings. The molecule has 2 aliphatic heterocycles. The smallest absolute Gasteiger partial charge is 0.280 e. The summed E-state index contributed by atoms with van der Waals surface area (Å²) < 4.78 is 18.3. The summed E-state index contributed by atoms with van der Waals surface area (Å²) in [5.74, 6) is -2.43. The number of carbonyl (C=O) groups is 2. The maximum Gasteiger partial charge on any atom is 0.280 e. The lowest BCUT2D eigenvalue weighted by atomic mass is 9.95. The van der Waals surface area contributed by atoms with Gasteiger partial charge in [0, 0.05) is 36.7 Å². The number of morpholine rings is 1. The zero-order valence-electron chi connectivity index (χ0n) is 22.2. The zero-order chi connectivity index (χ0) is 27.4. The van der Waals surface area contributed by atoms with E-state index in [-0.39, 0.29) is 19.1 Å². The number of aromatic nitrogens is 3. The van der Waals surface area contributed by atoms with Crippen molar-refractivity contribution in [2.24, 2.45) is 11.7 Å². The number of nitrogens with two attached hydrogens (primary N) is 1. The van der Waals surface area contributed by atoms with Crippen LogP contribution in [0.3, 0.4) is 0 Å². The van der Waals surface area contributed by atoms with Gasteiger partial charge in [0.15, 0.2) is 5.82 Å². The van der Waals surface area contributed by atoms with E-state index in [1.807, 2.05) is 32.0 Å². The fourth-order valence-corrected chi connectivity index (χ4v) is 4.98. The van der Waals surface area contributed by atoms with Crippen LogP contribution >= 0.6 is 0 Å². The molecule has 2 amide bonds. The Morgan fingerprint density at radius 2 is 1.77 bits per heavy atom. The minimum atomic E-state index is -1.71. The van der Waals surface area contributed by atoms with Gasteiger partial charge in [-0.25, -0.2) is 9.67 Å². The lowest BCUT2D eigenvalue weighted by molar-refractivity contribution is -0.190. The largest absolute Gasteiger partial charge is 0.378 e. The van der Waals surface area contributed by atoms with Crippen LogP contribution in [0, 0.1) is 5.92 Å². The fourth-order valence-electron chi connectivity index (χ4n) is 4.98. The predicted molar refractivity (Wildman–Crippen MR) is 144 cm³/mol. The van der Waals surface area contributed by atoms with E-state index in [2.05, 4.69) is 27.3 Å². The fraction of sp³-hybridized carbons (Fsp3) is 0.429. The Hall–Kier alpha value is -3.80. The minimum Gasteiger partial charge on any atom is -0.378 e. The van der Waals surface area contributed by atoms with Gasteiger partial charge >= 0.3 is 0 Å². The summed E-state index contributed by atoms with van der Waals surface area (Å²) in [6.07, 6.45) is 3.80. The summed E-state index contributed by atoms with van der Waals surface area (Å²) >= 11 is 0. The van der Waals surface area contributed by atoms with E-state index < -0.39 is 23.6 Å². The number of carbonyl (C=O) groups excluding carboxylic acids is 2. The molecule has 0 aliphatic carbocycles. The van der Waals surface area contributed by atoms with E-state index in [0.717, 1.165) is 43.2 Å². The number of benzene rings is 1. The van der Waals surface area contributed by atoms with Gasteiger partial charge in [0.1, 0.15) is 0 Å². The van der Waals surface area contributed by atoms with E-state index >= 15 is 0 Å². The summed E-state index contributed by atoms with van der Waals surface area (Å²) in [6.45, 7) is 7.60. The van der Waals surface area contributed by atoms with E-state index in [1.54, 1.807) is 29.2 Å². The van der Waals surface area contributed by atoms with Crippen LogP contribution in [0.5, 0.6) is 0 Å². The summed E-state index contributed by atoms with van der Waals surface area (Å²) in [5, 5.41) is 7.63. The third-order valence-corrected chi connectivity index (χ3v) is 6.91. The second-order valence-corrected chi connectivity index (χ2v) is 10.1. The van der Waals surface area contributed by atoms with E-state index in [4.69, 9.17) is 25.0 Å². The highest BCUT2D eigenvalue weighted by Crippen LogP contribution is 2.28. The third kappa shape index (κ3) is 5.65. The van der Waals surface area contributed by atoms with Crippen LogP contribution in [-0.2, 0) is 19.0 Å². The zero-order valence-corrected chi connectivity index (χ0v) is 22.2. The van der Waals surface area contributed by atoms with Crippen molar-refractivity contribution in [3.05, 3.63) is 60.4 Å². The van der Waals surface area contributed by atoms with Gasteiger partial charge in [-0.3, -0.25) is 9.59 Å². The molecule has 5 rings (SSSR count). The van der Waals surface area contributed by atoms with Crippen molar-refractivity contribution >= 4 is 17.5 Å². The number of ether oxygens (including phenoxy) is 3. The van der Waals surface area contributed by atoms with Gasteiger partial charge in [0.05, 0.1) is 43.7 Å². The van der Waals surface area contributed by atoms with Gasteiger partial charge in [0.25, 0.3) is 17.6 Å². The van der Waals surface area contributed by atoms with Crippen molar-refractivity contribution in [3.63, 3.8) is 0 Å².